The fourth-order valence-electron chi connectivity index (χ4n) is 2.98. The smallest absolute Gasteiger partial charge is 0.224 e. The van der Waals surface area contributed by atoms with Crippen molar-refractivity contribution in [2.75, 3.05) is 38.2 Å². The molecule has 2 aliphatic rings. The fourth-order valence-corrected chi connectivity index (χ4v) is 3.33. The molecular weight excluding hydrogens is 339 g/mol. The number of nitrogens with zero attached hydrogens (tertiary/aromatic N) is 1. The molecule has 0 bridgehead atoms. The number of benzene rings is 1. The monoisotopic (exact) mass is 358 g/mol. The molecule has 1 aromatic rings. The van der Waals surface area contributed by atoms with E-state index in [1.807, 2.05) is 4.90 Å². The summed E-state index contributed by atoms with van der Waals surface area (Å²) in [6, 6.07) is 5.23. The van der Waals surface area contributed by atoms with Gasteiger partial charge in [0.05, 0.1) is 23.9 Å². The van der Waals surface area contributed by atoms with Crippen molar-refractivity contribution < 1.29 is 14.3 Å². The number of carbonyl (C=O) groups is 1. The summed E-state index contributed by atoms with van der Waals surface area (Å²) >= 11 is 12.0. The van der Waals surface area contributed by atoms with Gasteiger partial charge in [0, 0.05) is 43.9 Å². The Morgan fingerprint density at radius 1 is 1.22 bits per heavy atom. The highest BCUT2D eigenvalue weighted by atomic mass is 35.5. The van der Waals surface area contributed by atoms with E-state index in [9.17, 15) is 4.79 Å². The molecule has 23 heavy (non-hydrogen) atoms. The van der Waals surface area contributed by atoms with E-state index in [1.54, 1.807) is 18.2 Å². The molecule has 2 fully saturated rings. The second-order valence-corrected chi connectivity index (χ2v) is 6.63. The maximum absolute atomic E-state index is 12.3. The van der Waals surface area contributed by atoms with Crippen molar-refractivity contribution in [2.24, 2.45) is 0 Å². The summed E-state index contributed by atoms with van der Waals surface area (Å²) in [5.41, 5.74) is 0.748. The van der Waals surface area contributed by atoms with Gasteiger partial charge >= 0.3 is 0 Å². The molecule has 1 amide bonds. The predicted octanol–water partition coefficient (Wildman–Crippen LogP) is 3.16. The van der Waals surface area contributed by atoms with E-state index >= 15 is 0 Å². The van der Waals surface area contributed by atoms with Gasteiger partial charge in [-0.3, -0.25) is 4.79 Å². The predicted molar refractivity (Wildman–Crippen MR) is 90.0 cm³/mol. The summed E-state index contributed by atoms with van der Waals surface area (Å²) in [6.45, 7) is 3.18. The minimum Gasteiger partial charge on any atom is -0.383 e. The third-order valence-electron chi connectivity index (χ3n) is 4.27. The number of hydrogen-bond donors (Lipinski definition) is 1. The second-order valence-electron chi connectivity index (χ2n) is 5.79. The Kier molecular flexibility index (Phi) is 5.31. The number of hydrogen-bond acceptors (Lipinski definition) is 4. The highest BCUT2D eigenvalue weighted by molar-refractivity contribution is 6.35. The van der Waals surface area contributed by atoms with Gasteiger partial charge in [-0.2, -0.15) is 0 Å². The van der Waals surface area contributed by atoms with E-state index in [2.05, 4.69) is 5.32 Å². The second kappa shape index (κ2) is 7.26. The first-order chi connectivity index (χ1) is 11.1. The van der Waals surface area contributed by atoms with Crippen LogP contribution in [0.2, 0.25) is 10.0 Å². The standard InChI is InChI=1S/C16H20Cl2N2O3/c17-12-1-2-13(18)14(11-12)19-6-3-15(21)20-7-4-16(5-8-20)22-9-10-23-16/h1-2,11,19H,3-10H2. The molecule has 5 nitrogen and oxygen atoms in total. The van der Waals surface area contributed by atoms with Crippen LogP contribution in [-0.4, -0.2) is 49.4 Å². The Morgan fingerprint density at radius 3 is 2.61 bits per heavy atom. The maximum Gasteiger partial charge on any atom is 0.224 e. The lowest BCUT2D eigenvalue weighted by molar-refractivity contribution is -0.187. The molecule has 2 saturated heterocycles. The van der Waals surface area contributed by atoms with Crippen LogP contribution in [0.15, 0.2) is 18.2 Å². The number of rotatable bonds is 4. The first kappa shape index (κ1) is 16.8. The van der Waals surface area contributed by atoms with E-state index in [4.69, 9.17) is 32.7 Å². The Morgan fingerprint density at radius 2 is 1.91 bits per heavy atom. The molecule has 7 heteroatoms. The number of anilines is 1. The molecule has 0 aromatic heterocycles. The summed E-state index contributed by atoms with van der Waals surface area (Å²) in [6.07, 6.45) is 1.90. The third-order valence-corrected chi connectivity index (χ3v) is 4.84. The molecule has 1 N–H and O–H groups in total. The number of nitrogens with one attached hydrogen (secondary N) is 1. The highest BCUT2D eigenvalue weighted by Crippen LogP contribution is 2.31. The van der Waals surface area contributed by atoms with Crippen molar-refractivity contribution in [3.05, 3.63) is 28.2 Å². The number of carbonyl (C=O) groups excluding carboxylic acids is 1. The largest absolute Gasteiger partial charge is 0.383 e. The van der Waals surface area contributed by atoms with Gasteiger partial charge in [-0.1, -0.05) is 23.2 Å². The van der Waals surface area contributed by atoms with Gasteiger partial charge in [0.1, 0.15) is 0 Å². The van der Waals surface area contributed by atoms with Gasteiger partial charge in [-0.25, -0.2) is 0 Å². The highest BCUT2D eigenvalue weighted by Gasteiger charge is 2.40. The maximum atomic E-state index is 12.3. The van der Waals surface area contributed by atoms with Crippen LogP contribution in [0.3, 0.4) is 0 Å². The molecule has 2 heterocycles. The first-order valence-corrected chi connectivity index (χ1v) is 8.58. The van der Waals surface area contributed by atoms with Crippen molar-refractivity contribution in [1.82, 2.24) is 4.90 Å². The summed E-state index contributed by atoms with van der Waals surface area (Å²) < 4.78 is 11.3. The Hall–Kier alpha value is -1.01. The molecule has 0 radical (unpaired) electrons. The van der Waals surface area contributed by atoms with Crippen molar-refractivity contribution in [2.45, 2.75) is 25.0 Å². The van der Waals surface area contributed by atoms with Crippen LogP contribution in [0.5, 0.6) is 0 Å². The molecular formula is C16H20Cl2N2O3. The number of piperidine rings is 1. The van der Waals surface area contributed by atoms with Crippen LogP contribution in [0, 0.1) is 0 Å². The van der Waals surface area contributed by atoms with Crippen LogP contribution in [-0.2, 0) is 14.3 Å². The zero-order valence-corrected chi connectivity index (χ0v) is 14.3. The van der Waals surface area contributed by atoms with Crippen LogP contribution >= 0.6 is 23.2 Å². The Balaban J connectivity index is 1.44. The summed E-state index contributed by atoms with van der Waals surface area (Å²) in [5.74, 6) is -0.313. The van der Waals surface area contributed by atoms with E-state index in [-0.39, 0.29) is 5.91 Å². The minimum absolute atomic E-state index is 0.128. The minimum atomic E-state index is -0.441. The number of ether oxygens (including phenoxy) is 2. The van der Waals surface area contributed by atoms with Gasteiger partial charge in [0.25, 0.3) is 0 Å². The average molecular weight is 359 g/mol. The molecule has 0 unspecified atom stereocenters. The van der Waals surface area contributed by atoms with Crippen LogP contribution in [0.4, 0.5) is 5.69 Å². The number of likely N-dealkylation sites (tertiary alicyclic amines) is 1. The SMILES string of the molecule is O=C(CCNc1cc(Cl)ccc1Cl)N1CCC2(CC1)OCCO2. The van der Waals surface area contributed by atoms with E-state index in [1.165, 1.54) is 0 Å². The van der Waals surface area contributed by atoms with Gasteiger partial charge in [-0.15, -0.1) is 0 Å². The van der Waals surface area contributed by atoms with Crippen LogP contribution in [0.1, 0.15) is 19.3 Å². The van der Waals surface area contributed by atoms with Gasteiger partial charge in [-0.05, 0) is 18.2 Å². The Labute approximate surface area is 145 Å². The lowest BCUT2D eigenvalue weighted by Gasteiger charge is -2.37. The molecule has 1 aromatic carbocycles. The summed E-state index contributed by atoms with van der Waals surface area (Å²) in [7, 11) is 0. The van der Waals surface area contributed by atoms with Gasteiger partial charge in [0.15, 0.2) is 5.79 Å². The zero-order valence-electron chi connectivity index (χ0n) is 12.8. The Bertz CT molecular complexity index is 566. The summed E-state index contributed by atoms with van der Waals surface area (Å²) in [4.78, 5) is 14.2. The number of halogens is 2. The quantitative estimate of drug-likeness (QED) is 0.897. The van der Waals surface area contributed by atoms with Gasteiger partial charge < -0.3 is 19.7 Å². The van der Waals surface area contributed by atoms with E-state index in [0.717, 1.165) is 18.5 Å². The van der Waals surface area contributed by atoms with Crippen LogP contribution in [0.25, 0.3) is 0 Å². The summed E-state index contributed by atoms with van der Waals surface area (Å²) in [5, 5.41) is 4.37. The number of amides is 1. The van der Waals surface area contributed by atoms with Crippen molar-refractivity contribution in [3.63, 3.8) is 0 Å². The lowest BCUT2D eigenvalue weighted by Crippen LogP contribution is -2.47. The van der Waals surface area contributed by atoms with Crippen molar-refractivity contribution in [1.29, 1.82) is 0 Å². The molecule has 0 atom stereocenters. The van der Waals surface area contributed by atoms with E-state index < -0.39 is 5.79 Å². The lowest BCUT2D eigenvalue weighted by atomic mass is 10.0. The van der Waals surface area contributed by atoms with E-state index in [0.29, 0.717) is 49.3 Å². The fraction of sp³-hybridized carbons (Fsp3) is 0.562. The normalized spacial score (nSPS) is 20.0. The van der Waals surface area contributed by atoms with Gasteiger partial charge in [0.2, 0.25) is 5.91 Å². The van der Waals surface area contributed by atoms with Crippen LogP contribution < -0.4 is 5.32 Å². The molecule has 2 aliphatic heterocycles. The van der Waals surface area contributed by atoms with Crippen molar-refractivity contribution in [3.8, 4) is 0 Å². The first-order valence-electron chi connectivity index (χ1n) is 7.83. The molecule has 3 rings (SSSR count). The molecule has 0 aliphatic carbocycles. The van der Waals surface area contributed by atoms with Crippen molar-refractivity contribution >= 4 is 34.8 Å². The molecule has 126 valence electrons. The molecule has 0 saturated carbocycles. The molecule has 1 spiro atoms. The zero-order chi connectivity index (χ0) is 16.3. The topological polar surface area (TPSA) is 50.8 Å². The average Bonchev–Trinajstić information content (AvgIpc) is 2.99. The third kappa shape index (κ3) is 4.10.